The number of carbonyl (C=O) groups is 1. The predicted octanol–water partition coefficient (Wildman–Crippen LogP) is 2.56. The Kier molecular flexibility index (Phi) is 4.42. The van der Waals surface area contributed by atoms with Crippen molar-refractivity contribution in [2.24, 2.45) is 0 Å². The van der Waals surface area contributed by atoms with Gasteiger partial charge in [-0.15, -0.1) is 0 Å². The van der Waals surface area contributed by atoms with Crippen LogP contribution in [0.4, 0.5) is 0 Å². The van der Waals surface area contributed by atoms with Crippen molar-refractivity contribution in [3.63, 3.8) is 0 Å². The second-order valence-electron chi connectivity index (χ2n) is 3.19. The van der Waals surface area contributed by atoms with Gasteiger partial charge in [0.25, 0.3) is 5.91 Å². The van der Waals surface area contributed by atoms with Crippen molar-refractivity contribution in [1.82, 2.24) is 5.32 Å². The lowest BCUT2D eigenvalue weighted by Crippen LogP contribution is -2.33. The average molecular weight is 293 g/mol. The number of benzene rings is 1. The van der Waals surface area contributed by atoms with Gasteiger partial charge in [0, 0.05) is 16.4 Å². The smallest absolute Gasteiger partial charge is 0.255 e. The van der Waals surface area contributed by atoms with E-state index < -0.39 is 0 Å². The van der Waals surface area contributed by atoms with E-state index in [4.69, 9.17) is 11.6 Å². The molecule has 1 rings (SSSR count). The molecule has 0 aliphatic rings. The Labute approximate surface area is 102 Å². The molecule has 1 aromatic rings. The molecule has 0 heterocycles. The van der Waals surface area contributed by atoms with Crippen LogP contribution in [0.1, 0.15) is 17.3 Å². The first-order valence-corrected chi connectivity index (χ1v) is 5.90. The third kappa shape index (κ3) is 3.39. The molecule has 0 aromatic heterocycles. The van der Waals surface area contributed by atoms with Crippen molar-refractivity contribution < 1.29 is 9.90 Å². The second kappa shape index (κ2) is 5.37. The van der Waals surface area contributed by atoms with Crippen LogP contribution in [0.3, 0.4) is 0 Å². The summed E-state index contributed by atoms with van der Waals surface area (Å²) in [5.41, 5.74) is 0.190. The van der Waals surface area contributed by atoms with Gasteiger partial charge in [-0.2, -0.15) is 0 Å². The van der Waals surface area contributed by atoms with E-state index in [0.717, 1.165) is 0 Å². The zero-order valence-corrected chi connectivity index (χ0v) is 10.5. The highest BCUT2D eigenvalue weighted by atomic mass is 79.9. The van der Waals surface area contributed by atoms with Crippen LogP contribution in [0.2, 0.25) is 5.02 Å². The number of nitrogens with one attached hydrogen (secondary N) is 1. The summed E-state index contributed by atoms with van der Waals surface area (Å²) >= 11 is 8.98. The minimum Gasteiger partial charge on any atom is -0.507 e. The lowest BCUT2D eigenvalue weighted by molar-refractivity contribution is 0.0941. The van der Waals surface area contributed by atoms with Crippen LogP contribution < -0.4 is 5.32 Å². The number of alkyl halides is 1. The van der Waals surface area contributed by atoms with E-state index in [2.05, 4.69) is 21.2 Å². The summed E-state index contributed by atoms with van der Waals surface area (Å²) in [4.78, 5) is 11.6. The molecular weight excluding hydrogens is 281 g/mol. The van der Waals surface area contributed by atoms with E-state index in [-0.39, 0.29) is 23.3 Å². The van der Waals surface area contributed by atoms with Gasteiger partial charge in [0.15, 0.2) is 0 Å². The summed E-state index contributed by atoms with van der Waals surface area (Å²) in [5.74, 6) is -0.402. The lowest BCUT2D eigenvalue weighted by atomic mass is 10.2. The molecule has 5 heteroatoms. The maximum Gasteiger partial charge on any atom is 0.255 e. The second-order valence-corrected chi connectivity index (χ2v) is 4.27. The summed E-state index contributed by atoms with van der Waals surface area (Å²) in [7, 11) is 0. The van der Waals surface area contributed by atoms with E-state index >= 15 is 0 Å². The Hall–Kier alpha value is -0.740. The van der Waals surface area contributed by atoms with Crippen LogP contribution in [-0.2, 0) is 0 Å². The third-order valence-corrected chi connectivity index (χ3v) is 3.02. The number of amides is 1. The van der Waals surface area contributed by atoms with Gasteiger partial charge in [0.05, 0.1) is 5.56 Å². The van der Waals surface area contributed by atoms with Crippen LogP contribution in [0.5, 0.6) is 5.75 Å². The van der Waals surface area contributed by atoms with E-state index in [0.29, 0.717) is 10.4 Å². The van der Waals surface area contributed by atoms with E-state index in [1.54, 1.807) is 0 Å². The molecule has 0 spiro atoms. The zero-order chi connectivity index (χ0) is 11.4. The molecule has 1 unspecified atom stereocenters. The predicted molar refractivity (Wildman–Crippen MR) is 63.8 cm³/mol. The number of rotatable bonds is 3. The Bertz CT molecular complexity index is 370. The molecule has 0 fully saturated rings. The van der Waals surface area contributed by atoms with Crippen LogP contribution in [-0.4, -0.2) is 22.4 Å². The Morgan fingerprint density at radius 1 is 1.67 bits per heavy atom. The first kappa shape index (κ1) is 12.3. The fourth-order valence-electron chi connectivity index (χ4n) is 1.03. The number of phenols is 1. The van der Waals surface area contributed by atoms with Gasteiger partial charge in [-0.05, 0) is 25.1 Å². The van der Waals surface area contributed by atoms with Crippen molar-refractivity contribution in [2.75, 3.05) is 5.33 Å². The molecule has 0 radical (unpaired) electrons. The van der Waals surface area contributed by atoms with Crippen molar-refractivity contribution in [1.29, 1.82) is 0 Å². The molecule has 2 N–H and O–H groups in total. The lowest BCUT2D eigenvalue weighted by Gasteiger charge is -2.11. The molecule has 0 saturated heterocycles. The molecule has 0 saturated carbocycles. The summed E-state index contributed by atoms with van der Waals surface area (Å²) < 4.78 is 0. The van der Waals surface area contributed by atoms with Crippen molar-refractivity contribution in [3.8, 4) is 5.75 Å². The number of hydrogen-bond donors (Lipinski definition) is 2. The molecule has 0 aliphatic heterocycles. The van der Waals surface area contributed by atoms with Gasteiger partial charge < -0.3 is 10.4 Å². The van der Waals surface area contributed by atoms with Crippen LogP contribution >= 0.6 is 27.5 Å². The highest BCUT2D eigenvalue weighted by Gasteiger charge is 2.13. The molecule has 15 heavy (non-hydrogen) atoms. The first-order chi connectivity index (χ1) is 7.04. The molecule has 3 nitrogen and oxygen atoms in total. The molecule has 1 amide bonds. The average Bonchev–Trinajstić information content (AvgIpc) is 2.21. The van der Waals surface area contributed by atoms with Gasteiger partial charge in [0.1, 0.15) is 5.75 Å². The quantitative estimate of drug-likeness (QED) is 0.841. The maximum atomic E-state index is 11.6. The van der Waals surface area contributed by atoms with Crippen molar-refractivity contribution in [3.05, 3.63) is 28.8 Å². The van der Waals surface area contributed by atoms with Gasteiger partial charge >= 0.3 is 0 Å². The molecular formula is C10H11BrClNO2. The van der Waals surface area contributed by atoms with Crippen LogP contribution in [0.25, 0.3) is 0 Å². The van der Waals surface area contributed by atoms with Gasteiger partial charge in [-0.25, -0.2) is 0 Å². The van der Waals surface area contributed by atoms with Gasteiger partial charge in [-0.3, -0.25) is 4.79 Å². The number of halogens is 2. The van der Waals surface area contributed by atoms with Gasteiger partial charge in [-0.1, -0.05) is 27.5 Å². The fourth-order valence-corrected chi connectivity index (χ4v) is 1.36. The SMILES string of the molecule is CC(CBr)NC(=O)c1cc(Cl)ccc1O. The minimum atomic E-state index is -0.332. The Morgan fingerprint density at radius 2 is 2.33 bits per heavy atom. The maximum absolute atomic E-state index is 11.6. The Balaban J connectivity index is 2.86. The fraction of sp³-hybridized carbons (Fsp3) is 0.300. The molecule has 0 bridgehead atoms. The highest BCUT2D eigenvalue weighted by Crippen LogP contribution is 2.21. The van der Waals surface area contributed by atoms with Crippen LogP contribution in [0, 0.1) is 0 Å². The summed E-state index contributed by atoms with van der Waals surface area (Å²) in [5, 5.41) is 13.2. The normalized spacial score (nSPS) is 12.2. The van der Waals surface area contributed by atoms with E-state index in [1.807, 2.05) is 6.92 Å². The highest BCUT2D eigenvalue weighted by molar-refractivity contribution is 9.09. The number of phenolic OH excluding ortho intramolecular Hbond substituents is 1. The largest absolute Gasteiger partial charge is 0.507 e. The van der Waals surface area contributed by atoms with E-state index in [1.165, 1.54) is 18.2 Å². The first-order valence-electron chi connectivity index (χ1n) is 4.40. The summed E-state index contributed by atoms with van der Waals surface area (Å²) in [6.07, 6.45) is 0. The third-order valence-electron chi connectivity index (χ3n) is 1.81. The van der Waals surface area contributed by atoms with Crippen molar-refractivity contribution >= 4 is 33.4 Å². The van der Waals surface area contributed by atoms with E-state index in [9.17, 15) is 9.90 Å². The molecule has 1 aromatic carbocycles. The minimum absolute atomic E-state index is 0.00381. The van der Waals surface area contributed by atoms with Crippen molar-refractivity contribution in [2.45, 2.75) is 13.0 Å². The zero-order valence-electron chi connectivity index (χ0n) is 8.13. The number of carbonyl (C=O) groups excluding carboxylic acids is 1. The monoisotopic (exact) mass is 291 g/mol. The number of aromatic hydroxyl groups is 1. The molecule has 82 valence electrons. The number of hydrogen-bond acceptors (Lipinski definition) is 2. The standard InChI is InChI=1S/C10H11BrClNO2/c1-6(5-11)13-10(15)8-4-7(12)2-3-9(8)14/h2-4,6,14H,5H2,1H3,(H,13,15). The summed E-state index contributed by atoms with van der Waals surface area (Å²) in [6.45, 7) is 1.86. The van der Waals surface area contributed by atoms with Crippen LogP contribution in [0.15, 0.2) is 18.2 Å². The topological polar surface area (TPSA) is 49.3 Å². The summed E-state index contributed by atoms with van der Waals surface area (Å²) in [6, 6.07) is 4.36. The molecule has 1 atom stereocenters. The Morgan fingerprint density at radius 3 is 2.93 bits per heavy atom. The van der Waals surface area contributed by atoms with Gasteiger partial charge in [0.2, 0.25) is 0 Å². The molecule has 0 aliphatic carbocycles.